The number of benzene rings is 2. The SMILES string of the molecule is COc1cc2c(cc1OC)CN(CN1C(=O)[C@@H](C)N(c3ccc(C)cc3)C1=O)CC2. The first kappa shape index (κ1) is 20.2. The molecule has 0 aliphatic carbocycles. The third-order valence-corrected chi connectivity index (χ3v) is 5.90. The molecule has 0 unspecified atom stereocenters. The number of carbonyl (C=O) groups is 2. The maximum Gasteiger partial charge on any atom is 0.333 e. The molecule has 1 fully saturated rings. The summed E-state index contributed by atoms with van der Waals surface area (Å²) < 4.78 is 10.8. The normalized spacial score (nSPS) is 19.3. The number of hydrogen-bond acceptors (Lipinski definition) is 5. The van der Waals surface area contributed by atoms with Crippen LogP contribution in [0.3, 0.4) is 0 Å². The first-order chi connectivity index (χ1) is 14.4. The van der Waals surface area contributed by atoms with E-state index in [1.54, 1.807) is 26.0 Å². The zero-order valence-corrected chi connectivity index (χ0v) is 17.8. The summed E-state index contributed by atoms with van der Waals surface area (Å²) in [7, 11) is 3.25. The van der Waals surface area contributed by atoms with E-state index in [1.807, 2.05) is 43.3 Å². The second-order valence-corrected chi connectivity index (χ2v) is 7.85. The second-order valence-electron chi connectivity index (χ2n) is 7.85. The van der Waals surface area contributed by atoms with Crippen molar-refractivity contribution in [1.82, 2.24) is 9.80 Å². The molecule has 30 heavy (non-hydrogen) atoms. The van der Waals surface area contributed by atoms with E-state index in [0.29, 0.717) is 12.3 Å². The van der Waals surface area contributed by atoms with Crippen LogP contribution in [0.4, 0.5) is 10.5 Å². The molecule has 4 rings (SSSR count). The van der Waals surface area contributed by atoms with Crippen LogP contribution in [0.2, 0.25) is 0 Å². The van der Waals surface area contributed by atoms with Gasteiger partial charge in [0.1, 0.15) is 6.04 Å². The Bertz CT molecular complexity index is 973. The van der Waals surface area contributed by atoms with Crippen LogP contribution in [0.1, 0.15) is 23.6 Å². The van der Waals surface area contributed by atoms with Crippen LogP contribution in [0.5, 0.6) is 11.5 Å². The summed E-state index contributed by atoms with van der Waals surface area (Å²) in [5, 5.41) is 0. The lowest BCUT2D eigenvalue weighted by molar-refractivity contribution is -0.128. The van der Waals surface area contributed by atoms with Crippen LogP contribution in [0.15, 0.2) is 36.4 Å². The van der Waals surface area contributed by atoms with Crippen LogP contribution < -0.4 is 14.4 Å². The Morgan fingerprint density at radius 1 is 1.00 bits per heavy atom. The minimum Gasteiger partial charge on any atom is -0.493 e. The number of carbonyl (C=O) groups excluding carboxylic acids is 2. The van der Waals surface area contributed by atoms with Crippen LogP contribution in [0, 0.1) is 6.92 Å². The fourth-order valence-electron chi connectivity index (χ4n) is 4.16. The highest BCUT2D eigenvalue weighted by atomic mass is 16.5. The van der Waals surface area contributed by atoms with Gasteiger partial charge in [-0.1, -0.05) is 17.7 Å². The van der Waals surface area contributed by atoms with Gasteiger partial charge in [-0.25, -0.2) is 9.69 Å². The number of amides is 3. The maximum absolute atomic E-state index is 13.1. The van der Waals surface area contributed by atoms with Gasteiger partial charge in [-0.3, -0.25) is 14.6 Å². The molecule has 2 heterocycles. The number of urea groups is 1. The van der Waals surface area contributed by atoms with Crippen molar-refractivity contribution in [3.05, 3.63) is 53.1 Å². The monoisotopic (exact) mass is 409 g/mol. The highest BCUT2D eigenvalue weighted by Gasteiger charge is 2.44. The van der Waals surface area contributed by atoms with Crippen molar-refractivity contribution >= 4 is 17.6 Å². The van der Waals surface area contributed by atoms with E-state index < -0.39 is 6.04 Å². The molecule has 0 saturated carbocycles. The molecular weight excluding hydrogens is 382 g/mol. The predicted molar refractivity (Wildman–Crippen MR) is 114 cm³/mol. The summed E-state index contributed by atoms with van der Waals surface area (Å²) in [6, 6.07) is 10.9. The van der Waals surface area contributed by atoms with E-state index in [1.165, 1.54) is 10.5 Å². The minimum absolute atomic E-state index is 0.168. The molecule has 0 radical (unpaired) electrons. The van der Waals surface area contributed by atoms with Gasteiger partial charge in [0.25, 0.3) is 5.91 Å². The Morgan fingerprint density at radius 2 is 1.63 bits per heavy atom. The van der Waals surface area contributed by atoms with E-state index in [0.717, 1.165) is 35.5 Å². The first-order valence-corrected chi connectivity index (χ1v) is 10.1. The molecule has 0 spiro atoms. The van der Waals surface area contributed by atoms with Crippen LogP contribution in [-0.4, -0.2) is 55.2 Å². The van der Waals surface area contributed by atoms with Crippen molar-refractivity contribution in [1.29, 1.82) is 0 Å². The number of ether oxygens (including phenoxy) is 2. The molecule has 2 aliphatic rings. The van der Waals surface area contributed by atoms with Crippen LogP contribution >= 0.6 is 0 Å². The Balaban J connectivity index is 1.51. The van der Waals surface area contributed by atoms with E-state index in [9.17, 15) is 9.59 Å². The van der Waals surface area contributed by atoms with Gasteiger partial charge >= 0.3 is 6.03 Å². The van der Waals surface area contributed by atoms with Crippen molar-refractivity contribution in [2.45, 2.75) is 32.9 Å². The molecule has 2 aromatic carbocycles. The lowest BCUT2D eigenvalue weighted by atomic mass is 9.99. The van der Waals surface area contributed by atoms with Gasteiger partial charge < -0.3 is 9.47 Å². The van der Waals surface area contributed by atoms with Gasteiger partial charge in [0, 0.05) is 18.8 Å². The van der Waals surface area contributed by atoms with Gasteiger partial charge in [0.05, 0.1) is 20.9 Å². The van der Waals surface area contributed by atoms with E-state index in [2.05, 4.69) is 4.90 Å². The van der Waals surface area contributed by atoms with Crippen LogP contribution in [-0.2, 0) is 17.8 Å². The molecule has 1 saturated heterocycles. The predicted octanol–water partition coefficient (Wildman–Crippen LogP) is 3.19. The summed E-state index contributed by atoms with van der Waals surface area (Å²) in [6.07, 6.45) is 0.823. The minimum atomic E-state index is -0.512. The standard InChI is InChI=1S/C23H27N3O4/c1-15-5-7-19(8-6-15)26-16(2)22(27)25(23(26)28)14-24-10-9-17-11-20(29-3)21(30-4)12-18(17)13-24/h5-8,11-12,16H,9-10,13-14H2,1-4H3/t16-/m1/s1. The van der Waals surface area contributed by atoms with E-state index >= 15 is 0 Å². The summed E-state index contributed by atoms with van der Waals surface area (Å²) in [5.74, 6) is 1.24. The summed E-state index contributed by atoms with van der Waals surface area (Å²) in [6.45, 7) is 5.46. The van der Waals surface area contributed by atoms with Gasteiger partial charge in [-0.2, -0.15) is 0 Å². The first-order valence-electron chi connectivity index (χ1n) is 10.1. The summed E-state index contributed by atoms with van der Waals surface area (Å²) in [5.41, 5.74) is 4.19. The molecule has 158 valence electrons. The third-order valence-electron chi connectivity index (χ3n) is 5.90. The van der Waals surface area contributed by atoms with Gasteiger partial charge in [-0.05, 0) is 55.7 Å². The largest absolute Gasteiger partial charge is 0.493 e. The molecule has 7 heteroatoms. The van der Waals surface area contributed by atoms with Crippen molar-refractivity contribution < 1.29 is 19.1 Å². The Hall–Kier alpha value is -3.06. The number of aryl methyl sites for hydroxylation is 1. The van der Waals surface area contributed by atoms with E-state index in [4.69, 9.17) is 9.47 Å². The summed E-state index contributed by atoms with van der Waals surface area (Å²) >= 11 is 0. The molecular formula is C23H27N3O4. The molecule has 0 N–H and O–H groups in total. The summed E-state index contributed by atoms with van der Waals surface area (Å²) in [4.78, 5) is 31.0. The highest BCUT2D eigenvalue weighted by molar-refractivity contribution is 6.14. The Morgan fingerprint density at radius 3 is 2.27 bits per heavy atom. The molecule has 0 bridgehead atoms. The third kappa shape index (κ3) is 3.50. The van der Waals surface area contributed by atoms with Crippen molar-refractivity contribution in [2.24, 2.45) is 0 Å². The fraction of sp³-hybridized carbons (Fsp3) is 0.391. The van der Waals surface area contributed by atoms with Gasteiger partial charge in [0.2, 0.25) is 0 Å². The van der Waals surface area contributed by atoms with Gasteiger partial charge in [-0.15, -0.1) is 0 Å². The maximum atomic E-state index is 13.1. The lowest BCUT2D eigenvalue weighted by Crippen LogP contribution is -2.44. The van der Waals surface area contributed by atoms with Crippen molar-refractivity contribution in [3.63, 3.8) is 0 Å². The average Bonchev–Trinajstić information content (AvgIpc) is 2.96. The molecule has 2 aliphatic heterocycles. The molecule has 2 aromatic rings. The Kier molecular flexibility index (Phi) is 5.39. The quantitative estimate of drug-likeness (QED) is 0.710. The number of imide groups is 1. The Labute approximate surface area is 176 Å². The van der Waals surface area contributed by atoms with Crippen molar-refractivity contribution in [3.8, 4) is 11.5 Å². The van der Waals surface area contributed by atoms with Gasteiger partial charge in [0.15, 0.2) is 11.5 Å². The number of methoxy groups -OCH3 is 2. The number of rotatable bonds is 5. The lowest BCUT2D eigenvalue weighted by Gasteiger charge is -2.31. The zero-order chi connectivity index (χ0) is 21.4. The number of fused-ring (bicyclic) bond motifs is 1. The smallest absolute Gasteiger partial charge is 0.333 e. The number of anilines is 1. The molecule has 0 aromatic heterocycles. The van der Waals surface area contributed by atoms with Crippen LogP contribution in [0.25, 0.3) is 0 Å². The highest BCUT2D eigenvalue weighted by Crippen LogP contribution is 2.34. The number of nitrogens with zero attached hydrogens (tertiary/aromatic N) is 3. The number of hydrogen-bond donors (Lipinski definition) is 0. The zero-order valence-electron chi connectivity index (χ0n) is 17.8. The topological polar surface area (TPSA) is 62.3 Å². The molecule has 7 nitrogen and oxygen atoms in total. The van der Waals surface area contributed by atoms with E-state index in [-0.39, 0.29) is 18.6 Å². The molecule has 1 atom stereocenters. The fourth-order valence-corrected chi connectivity index (χ4v) is 4.16. The second kappa shape index (κ2) is 7.99. The van der Waals surface area contributed by atoms with Crippen molar-refractivity contribution in [2.75, 3.05) is 32.3 Å². The average molecular weight is 409 g/mol. The molecule has 3 amide bonds.